The van der Waals surface area contributed by atoms with E-state index in [-0.39, 0.29) is 64.3 Å². The van der Waals surface area contributed by atoms with Crippen LogP contribution < -0.4 is 34.5 Å². The Bertz CT molecular complexity index is 2670. The second kappa shape index (κ2) is 18.0. The van der Waals surface area contributed by atoms with Crippen molar-refractivity contribution < 1.29 is 32.1 Å². The van der Waals surface area contributed by atoms with Crippen molar-refractivity contribution in [2.24, 2.45) is 0 Å². The van der Waals surface area contributed by atoms with Crippen LogP contribution in [0, 0.1) is 22.1 Å². The van der Waals surface area contributed by atoms with E-state index in [1.54, 1.807) is 32.5 Å². The third-order valence-corrected chi connectivity index (χ3v) is 14.6. The maximum Gasteiger partial charge on any atom is 0.319 e. The van der Waals surface area contributed by atoms with Gasteiger partial charge in [0.15, 0.2) is 17.4 Å². The number of hydrogen-bond acceptors (Lipinski definition) is 11. The molecule has 0 spiro atoms. The van der Waals surface area contributed by atoms with Crippen LogP contribution in [0.15, 0.2) is 72.9 Å². The van der Waals surface area contributed by atoms with Crippen LogP contribution >= 0.6 is 34.2 Å². The molecule has 0 unspecified atom stereocenters. The smallest absolute Gasteiger partial charge is 0.319 e. The number of nitrogens with two attached hydrogens (primary N) is 1. The van der Waals surface area contributed by atoms with Crippen LogP contribution in [0.4, 0.5) is 30.5 Å². The van der Waals surface area contributed by atoms with Gasteiger partial charge in [0, 0.05) is 52.5 Å². The number of benzene rings is 4. The third kappa shape index (κ3) is 8.08. The lowest BCUT2D eigenvalue weighted by atomic mass is 9.95. The van der Waals surface area contributed by atoms with E-state index in [9.17, 15) is 4.39 Å². The fourth-order valence-electron chi connectivity index (χ4n) is 9.52. The van der Waals surface area contributed by atoms with Crippen molar-refractivity contribution in [1.29, 1.82) is 0 Å². The lowest BCUT2D eigenvalue weighted by Gasteiger charge is -2.32. The maximum absolute atomic E-state index is 18.0. The van der Waals surface area contributed by atoms with Crippen molar-refractivity contribution in [3.63, 3.8) is 0 Å². The summed E-state index contributed by atoms with van der Waals surface area (Å²) in [5.74, 6) is 0.596. The molecule has 9 rings (SSSR count). The molecule has 0 amide bonds. The number of anilines is 3. The molecule has 5 heterocycles. The van der Waals surface area contributed by atoms with Gasteiger partial charge in [-0.3, -0.25) is 4.90 Å². The Morgan fingerprint density at radius 2 is 1.67 bits per heavy atom. The first kappa shape index (κ1) is 44.0. The van der Waals surface area contributed by atoms with Crippen LogP contribution in [0.3, 0.4) is 0 Å². The van der Waals surface area contributed by atoms with Gasteiger partial charge in [0.1, 0.15) is 48.0 Å². The second-order valence-corrected chi connectivity index (χ2v) is 18.2. The maximum atomic E-state index is 18.0. The average molecular weight is 1010 g/mol. The van der Waals surface area contributed by atoms with Gasteiger partial charge in [-0.1, -0.05) is 41.9 Å². The van der Waals surface area contributed by atoms with E-state index in [1.165, 1.54) is 0 Å². The molecular weight excluding hydrogens is 958 g/mol. The molecule has 3 atom stereocenters. The molecule has 3 aliphatic rings. The van der Waals surface area contributed by atoms with Crippen molar-refractivity contribution in [1.82, 2.24) is 19.9 Å². The van der Waals surface area contributed by atoms with Gasteiger partial charge >= 0.3 is 6.01 Å². The average Bonchev–Trinajstić information content (AvgIpc) is 3.75. The van der Waals surface area contributed by atoms with Crippen molar-refractivity contribution >= 4 is 62.4 Å². The third-order valence-electron chi connectivity index (χ3n) is 12.8. The first-order chi connectivity index (χ1) is 30.9. The molecule has 0 bridgehead atoms. The van der Waals surface area contributed by atoms with Crippen molar-refractivity contribution in [3.8, 4) is 34.4 Å². The topological polar surface area (TPSA) is 111 Å². The summed E-state index contributed by atoms with van der Waals surface area (Å²) in [6.07, 6.45) is 2.63. The number of fused-ring (bicyclic) bond motifs is 1. The zero-order valence-corrected chi connectivity index (χ0v) is 38.9. The van der Waals surface area contributed by atoms with Crippen LogP contribution in [0.1, 0.15) is 54.5 Å². The Morgan fingerprint density at radius 1 is 0.984 bits per heavy atom. The molecule has 2 N–H and O–H groups in total. The predicted molar refractivity (Wildman–Crippen MR) is 252 cm³/mol. The van der Waals surface area contributed by atoms with Gasteiger partial charge in [0.05, 0.1) is 48.4 Å². The van der Waals surface area contributed by atoms with E-state index in [0.717, 1.165) is 36.1 Å². The molecule has 16 heteroatoms. The minimum absolute atomic E-state index is 0.0324. The number of halogens is 5. The van der Waals surface area contributed by atoms with Crippen LogP contribution in [-0.2, 0) is 13.1 Å². The Kier molecular flexibility index (Phi) is 12.3. The molecular formula is C48H48ClF3IN7O4. The Labute approximate surface area is 388 Å². The standard InChI is InChI=1S/C48H48ClF3IN7O4/c1-27-21-35(58(23-29-8-12-32(61-3)13-9-29)24-30-10-14-33(62-4)15-11-30)40(51)37(42(27)53)36-39(49)44-38-43(41(36)52)56-47(64-26-48-16-6-18-59(48)25-31(50)22-48)57-46(38)60(19-20-63-44)28(2)34-7-5-17-55-45(34)54/h5,7-15,17,21,28,31H,6,16,18-20,22-26H2,1-4H3,(H2,54,55)/t28-,31-,48+/m1/s1. The molecule has 3 aliphatic heterocycles. The number of pyridine rings is 1. The second-order valence-electron chi connectivity index (χ2n) is 16.7. The molecule has 11 nitrogen and oxygen atoms in total. The fraction of sp³-hybridized carbons (Fsp3) is 0.354. The number of nitrogen functional groups attached to an aromatic ring is 1. The minimum Gasteiger partial charge on any atom is -0.497 e. The van der Waals surface area contributed by atoms with Gasteiger partial charge in [-0.15, -0.1) is 0 Å². The minimum atomic E-state index is -0.978. The lowest BCUT2D eigenvalue weighted by Crippen LogP contribution is -2.43. The van der Waals surface area contributed by atoms with Gasteiger partial charge in [-0.25, -0.2) is 18.2 Å². The highest BCUT2D eigenvalue weighted by atomic mass is 127. The number of ether oxygens (including phenoxy) is 4. The Hall–Kier alpha value is -5.26. The quantitative estimate of drug-likeness (QED) is 0.112. The first-order valence-electron chi connectivity index (χ1n) is 21.2. The molecule has 6 aromatic rings. The number of methoxy groups -OCH3 is 2. The first-order valence-corrected chi connectivity index (χ1v) is 22.7. The summed E-state index contributed by atoms with van der Waals surface area (Å²) in [6.45, 7) is 6.04. The summed E-state index contributed by atoms with van der Waals surface area (Å²) in [6, 6.07) is 20.1. The van der Waals surface area contributed by atoms with E-state index in [0.29, 0.717) is 58.3 Å². The monoisotopic (exact) mass is 1010 g/mol. The highest BCUT2D eigenvalue weighted by Crippen LogP contribution is 2.51. The van der Waals surface area contributed by atoms with Gasteiger partial charge in [-0.2, -0.15) is 9.97 Å². The molecule has 4 aromatic carbocycles. The predicted octanol–water partition coefficient (Wildman–Crippen LogP) is 10.3. The van der Waals surface area contributed by atoms with E-state index in [2.05, 4.69) is 32.5 Å². The van der Waals surface area contributed by atoms with E-state index in [1.807, 2.05) is 78.2 Å². The van der Waals surface area contributed by atoms with E-state index in [4.69, 9.17) is 46.3 Å². The molecule has 0 saturated carbocycles. The van der Waals surface area contributed by atoms with Gasteiger partial charge in [0.25, 0.3) is 0 Å². The van der Waals surface area contributed by atoms with Crippen LogP contribution in [0.25, 0.3) is 22.0 Å². The number of aromatic nitrogens is 3. The van der Waals surface area contributed by atoms with Crippen LogP contribution in [0.2, 0.25) is 5.02 Å². The number of rotatable bonds is 13. The summed E-state index contributed by atoms with van der Waals surface area (Å²) in [4.78, 5) is 19.9. The highest BCUT2D eigenvalue weighted by Gasteiger charge is 2.49. The Morgan fingerprint density at radius 3 is 2.33 bits per heavy atom. The normalized spacial score (nSPS) is 18.7. The van der Waals surface area contributed by atoms with Crippen molar-refractivity contribution in [3.05, 3.63) is 115 Å². The molecule has 2 fully saturated rings. The van der Waals surface area contributed by atoms with Crippen molar-refractivity contribution in [2.75, 3.05) is 62.6 Å². The zero-order chi connectivity index (χ0) is 44.9. The number of hydrogen-bond donors (Lipinski definition) is 1. The molecule has 334 valence electrons. The van der Waals surface area contributed by atoms with Crippen molar-refractivity contribution in [2.45, 2.75) is 64.0 Å². The number of aryl methyl sites for hydroxylation is 1. The molecule has 2 aromatic heterocycles. The van der Waals surface area contributed by atoms with Crippen LogP contribution in [-0.4, -0.2) is 78.6 Å². The number of nitrogens with zero attached hydrogens (tertiary/aromatic N) is 6. The molecule has 0 aliphatic carbocycles. The van der Waals surface area contributed by atoms with E-state index >= 15 is 8.78 Å². The lowest BCUT2D eigenvalue weighted by molar-refractivity contribution is 0.107. The van der Waals surface area contributed by atoms with Gasteiger partial charge in [0.2, 0.25) is 0 Å². The SMILES string of the molecule is COc1ccc(CN(Cc2ccc(OC)cc2)c2cc(C)c(I)c(-c3c(Cl)c4c5c(nc(OC[C@@]67CCCN6C[C@H](F)C7)nc5c3F)N([C@H](C)c3cccnc3N)CCO4)c2F)cc1. The summed E-state index contributed by atoms with van der Waals surface area (Å²) < 4.78 is 74.9. The van der Waals surface area contributed by atoms with Crippen LogP contribution in [0.5, 0.6) is 23.3 Å². The number of alkyl halides is 1. The Balaban J connectivity index is 1.21. The van der Waals surface area contributed by atoms with E-state index < -0.39 is 29.4 Å². The summed E-state index contributed by atoms with van der Waals surface area (Å²) in [5.41, 5.74) is 8.95. The largest absolute Gasteiger partial charge is 0.497 e. The zero-order valence-electron chi connectivity index (χ0n) is 35.9. The highest BCUT2D eigenvalue weighted by molar-refractivity contribution is 14.1. The summed E-state index contributed by atoms with van der Waals surface area (Å²) >= 11 is 9.39. The van der Waals surface area contributed by atoms with Gasteiger partial charge < -0.3 is 34.5 Å². The molecule has 2 saturated heterocycles. The molecule has 64 heavy (non-hydrogen) atoms. The van der Waals surface area contributed by atoms with Gasteiger partial charge in [-0.05, 0) is 109 Å². The molecule has 0 radical (unpaired) electrons. The fourth-order valence-corrected chi connectivity index (χ4v) is 10.5. The summed E-state index contributed by atoms with van der Waals surface area (Å²) in [5, 5.41) is 0.0873. The summed E-state index contributed by atoms with van der Waals surface area (Å²) in [7, 11) is 3.20.